The van der Waals surface area contributed by atoms with Gasteiger partial charge in [0.2, 0.25) is 0 Å². The van der Waals surface area contributed by atoms with E-state index in [-0.39, 0.29) is 384 Å². The minimum Gasteiger partial charge on any atom is 0 e. The largest absolute Gasteiger partial charge is 0 e. The summed E-state index contributed by atoms with van der Waals surface area (Å²) in [5, 5.41) is 0. The molecule has 0 rings (SSSR count). The van der Waals surface area contributed by atoms with Crippen LogP contribution in [0.1, 0.15) is 0 Å². The van der Waals surface area contributed by atoms with Gasteiger partial charge in [0, 0.05) is 384 Å². The van der Waals surface area contributed by atoms with E-state index in [0.717, 1.165) is 0 Å². The summed E-state index contributed by atoms with van der Waals surface area (Å²) in [6.45, 7) is 0. The fraction of sp³-hybridized carbons (Fsp3) is 0. The van der Waals surface area contributed by atoms with Crippen LogP contribution in [0.4, 0.5) is 0 Å². The summed E-state index contributed by atoms with van der Waals surface area (Å²) in [5.74, 6) is 0. The van der Waals surface area contributed by atoms with Crippen LogP contribution < -0.4 is 0 Å². The van der Waals surface area contributed by atoms with E-state index in [4.69, 9.17) is 0 Å². The first-order valence-corrected chi connectivity index (χ1v) is 0. The van der Waals surface area contributed by atoms with Crippen molar-refractivity contribution >= 4 is 384 Å². The third-order valence-electron chi connectivity index (χ3n) is 0. The summed E-state index contributed by atoms with van der Waals surface area (Å²) in [6.07, 6.45) is 0. The summed E-state index contributed by atoms with van der Waals surface area (Å²) in [7, 11) is 0. The molecule has 0 amide bonds. The normalized spacial score (nSPS) is 0. The Bertz CT molecular complexity index is 13.2. The zero-order chi connectivity index (χ0) is 0. The molecule has 0 heterocycles. The summed E-state index contributed by atoms with van der Waals surface area (Å²) in [5.41, 5.74) is 0. The summed E-state index contributed by atoms with van der Waals surface area (Å²) >= 11 is 0. The molecule has 0 fully saturated rings. The van der Waals surface area contributed by atoms with Gasteiger partial charge < -0.3 is 0 Å². The summed E-state index contributed by atoms with van der Waals surface area (Å²) in [6, 6.07) is 0. The zero-order valence-corrected chi connectivity index (χ0v) is 36.5. The van der Waals surface area contributed by atoms with E-state index in [1.54, 1.807) is 0 Å². The first kappa shape index (κ1) is 112. The molecule has 0 unspecified atom stereocenters. The SMILES string of the molecule is [Al].[Al].[Al].[Al].[Al].[Al].[Al].[Al].[Al].[Sr].[Sr].[Sr].[Sr].[Sr]. The number of rotatable bonds is 0. The van der Waals surface area contributed by atoms with Gasteiger partial charge in [0.25, 0.3) is 0 Å². The molecule has 0 N–H and O–H groups in total. The van der Waals surface area contributed by atoms with Crippen LogP contribution in [0.15, 0.2) is 0 Å². The first-order valence-electron chi connectivity index (χ1n) is 0. The van der Waals surface area contributed by atoms with Crippen molar-refractivity contribution in [2.75, 3.05) is 0 Å². The molecule has 0 aromatic rings. The predicted molar refractivity (Wildman–Crippen MR) is 80.6 cm³/mol. The molecule has 0 aromatic carbocycles. The molecule has 0 aliphatic rings. The van der Waals surface area contributed by atoms with Crippen molar-refractivity contribution in [1.82, 2.24) is 0 Å². The van der Waals surface area contributed by atoms with Crippen LogP contribution in [-0.2, 0) is 0 Å². The fourth-order valence-electron chi connectivity index (χ4n) is 0. The van der Waals surface area contributed by atoms with Crippen molar-refractivity contribution < 1.29 is 0 Å². The van der Waals surface area contributed by atoms with Gasteiger partial charge in [-0.05, 0) is 0 Å². The van der Waals surface area contributed by atoms with E-state index in [2.05, 4.69) is 0 Å². The minimum atomic E-state index is 0. The van der Waals surface area contributed by atoms with Crippen molar-refractivity contribution in [3.8, 4) is 0 Å². The molecule has 37 valence electrons. The van der Waals surface area contributed by atoms with Gasteiger partial charge in [-0.25, -0.2) is 0 Å². The maximum Gasteiger partial charge on any atom is 0 e. The number of hydrogen-bond acceptors (Lipinski definition) is 0. The third-order valence-corrected chi connectivity index (χ3v) is 0. The monoisotopic (exact) mass is 682 g/mol. The Morgan fingerprint density at radius 3 is 0.143 bits per heavy atom. The Morgan fingerprint density at radius 1 is 0.143 bits per heavy atom. The maximum atomic E-state index is 0. The Balaban J connectivity index is 0. The Labute approximate surface area is 370 Å². The van der Waals surface area contributed by atoms with E-state index >= 15 is 0 Å². The first-order chi connectivity index (χ1) is 0. The van der Waals surface area contributed by atoms with Gasteiger partial charge in [-0.2, -0.15) is 0 Å². The molecule has 0 aliphatic carbocycles. The van der Waals surface area contributed by atoms with Crippen LogP contribution in [0.3, 0.4) is 0 Å². The van der Waals surface area contributed by atoms with Crippen LogP contribution in [0.5, 0.6) is 0 Å². The van der Waals surface area contributed by atoms with Gasteiger partial charge in [0.05, 0.1) is 0 Å². The van der Waals surface area contributed by atoms with E-state index < -0.39 is 0 Å². The van der Waals surface area contributed by atoms with Crippen LogP contribution in [0.25, 0.3) is 0 Å². The van der Waals surface area contributed by atoms with Crippen molar-refractivity contribution in [3.05, 3.63) is 0 Å². The molecule has 0 saturated heterocycles. The maximum absolute atomic E-state index is 0. The molecule has 0 atom stereocenters. The van der Waals surface area contributed by atoms with E-state index in [0.29, 0.717) is 0 Å². The Hall–Kier alpha value is 12.2. The van der Waals surface area contributed by atoms with Crippen molar-refractivity contribution in [3.63, 3.8) is 0 Å². The van der Waals surface area contributed by atoms with Gasteiger partial charge in [-0.1, -0.05) is 0 Å². The molecule has 0 aliphatic heterocycles. The predicted octanol–water partition coefficient (Wildman–Crippen LogP) is -5.33. The van der Waals surface area contributed by atoms with Gasteiger partial charge in [-0.15, -0.1) is 0 Å². The van der Waals surface area contributed by atoms with Crippen molar-refractivity contribution in [2.24, 2.45) is 0 Å². The molecule has 14 heavy (non-hydrogen) atoms. The van der Waals surface area contributed by atoms with Gasteiger partial charge >= 0.3 is 0 Å². The van der Waals surface area contributed by atoms with Crippen LogP contribution >= 0.6 is 0 Å². The molecule has 37 radical (unpaired) electrons. The smallest absolute Gasteiger partial charge is 0 e. The van der Waals surface area contributed by atoms with Crippen LogP contribution in [0, 0.1) is 0 Å². The zero-order valence-electron chi connectivity index (χ0n) is 8.73. The average molecular weight is 681 g/mol. The third kappa shape index (κ3) is 87.5. The van der Waals surface area contributed by atoms with E-state index in [1.165, 1.54) is 0 Å². The molecule has 0 nitrogen and oxygen atoms in total. The van der Waals surface area contributed by atoms with Crippen molar-refractivity contribution in [1.29, 1.82) is 0 Å². The minimum absolute atomic E-state index is 0. The molecular formula is Al9Sr5. The Morgan fingerprint density at radius 2 is 0.143 bits per heavy atom. The van der Waals surface area contributed by atoms with Gasteiger partial charge in [0.1, 0.15) is 0 Å². The topological polar surface area (TPSA) is 0 Å². The molecule has 0 bridgehead atoms. The summed E-state index contributed by atoms with van der Waals surface area (Å²) < 4.78 is 0. The second kappa shape index (κ2) is 99.2. The quantitative estimate of drug-likeness (QED) is 0.225. The van der Waals surface area contributed by atoms with Gasteiger partial charge in [0.15, 0.2) is 0 Å². The molecule has 0 aromatic heterocycles. The van der Waals surface area contributed by atoms with E-state index in [1.807, 2.05) is 0 Å². The van der Waals surface area contributed by atoms with Gasteiger partial charge in [-0.3, -0.25) is 0 Å². The second-order valence-corrected chi connectivity index (χ2v) is 0. The van der Waals surface area contributed by atoms with Crippen LogP contribution in [0.2, 0.25) is 0 Å². The Kier molecular flexibility index (Phi) is 792. The molecule has 14 heteroatoms. The van der Waals surface area contributed by atoms with Crippen LogP contribution in [-0.4, -0.2) is 384 Å². The average Bonchev–Trinajstić information content (AvgIpc) is 0. The number of hydrogen-bond donors (Lipinski definition) is 0. The summed E-state index contributed by atoms with van der Waals surface area (Å²) in [4.78, 5) is 0. The standard InChI is InChI=1S/9Al.5Sr. The second-order valence-electron chi connectivity index (χ2n) is 0. The van der Waals surface area contributed by atoms with E-state index in [9.17, 15) is 0 Å². The van der Waals surface area contributed by atoms with Crippen molar-refractivity contribution in [2.45, 2.75) is 0 Å². The molecular weight excluding hydrogens is 681 g/mol. The molecule has 0 saturated carbocycles. The molecule has 0 spiro atoms. The fourth-order valence-corrected chi connectivity index (χ4v) is 0.